The zero-order valence-electron chi connectivity index (χ0n) is 10.4. The fraction of sp³-hybridized carbons (Fsp3) is 0.308. The summed E-state index contributed by atoms with van der Waals surface area (Å²) in [5, 5.41) is 3.90. The van der Waals surface area contributed by atoms with Crippen LogP contribution < -0.4 is 0 Å². The van der Waals surface area contributed by atoms with Gasteiger partial charge in [0.25, 0.3) is 0 Å². The first kappa shape index (κ1) is 14.3. The van der Waals surface area contributed by atoms with Gasteiger partial charge in [-0.3, -0.25) is 0 Å². The lowest BCUT2D eigenvalue weighted by atomic mass is 10.2. The lowest BCUT2D eigenvalue weighted by Gasteiger charge is -1.97. The minimum absolute atomic E-state index is 0.129. The largest absolute Gasteiger partial charge is 0.339 e. The number of aromatic nitrogens is 2. The Morgan fingerprint density at radius 1 is 1.37 bits per heavy atom. The molecule has 0 saturated heterocycles. The van der Waals surface area contributed by atoms with Crippen LogP contribution >= 0.6 is 27.7 Å². The topological polar surface area (TPSA) is 56.0 Å². The quantitative estimate of drug-likeness (QED) is 0.751. The summed E-state index contributed by atoms with van der Waals surface area (Å²) < 4.78 is 6.15. The first-order valence-electron chi connectivity index (χ1n) is 5.83. The van der Waals surface area contributed by atoms with E-state index in [4.69, 9.17) is 4.52 Å². The van der Waals surface area contributed by atoms with E-state index < -0.39 is 0 Å². The third-order valence-corrected chi connectivity index (χ3v) is 3.92. The normalized spacial score (nSPS) is 10.6. The number of hydrogen-bond donors (Lipinski definition) is 0. The Kier molecular flexibility index (Phi) is 5.15. The van der Waals surface area contributed by atoms with Crippen LogP contribution in [0.4, 0.5) is 0 Å². The molecule has 0 aliphatic heterocycles. The lowest BCUT2D eigenvalue weighted by molar-refractivity contribution is -0.117. The summed E-state index contributed by atoms with van der Waals surface area (Å²) in [6.45, 7) is 1.56. The number of hydrogen-bond acceptors (Lipinski definition) is 5. The molecule has 100 valence electrons. The van der Waals surface area contributed by atoms with Crippen LogP contribution in [0.25, 0.3) is 0 Å². The Balaban J connectivity index is 1.86. The zero-order valence-corrected chi connectivity index (χ0v) is 12.8. The van der Waals surface area contributed by atoms with Crippen molar-refractivity contribution in [1.29, 1.82) is 0 Å². The molecule has 1 aromatic carbocycles. The SMILES string of the molecule is CC(=O)CCc1nc(CSc2ccc(Br)cc2)no1. The third kappa shape index (κ3) is 4.80. The molecule has 1 heterocycles. The van der Waals surface area contributed by atoms with E-state index in [0.29, 0.717) is 30.3 Å². The summed E-state index contributed by atoms with van der Waals surface area (Å²) in [5.41, 5.74) is 0. The van der Waals surface area contributed by atoms with Gasteiger partial charge in [0.05, 0.1) is 5.75 Å². The molecule has 0 atom stereocenters. The van der Waals surface area contributed by atoms with Gasteiger partial charge in [0.2, 0.25) is 5.89 Å². The molecule has 19 heavy (non-hydrogen) atoms. The van der Waals surface area contributed by atoms with E-state index in [0.717, 1.165) is 9.37 Å². The molecule has 2 rings (SSSR count). The maximum atomic E-state index is 10.9. The Hall–Kier alpha value is -1.14. The fourth-order valence-electron chi connectivity index (χ4n) is 1.41. The Bertz CT molecular complexity index is 554. The van der Waals surface area contributed by atoms with Gasteiger partial charge in [-0.2, -0.15) is 4.98 Å². The van der Waals surface area contributed by atoms with Crippen LogP contribution in [0, 0.1) is 0 Å². The Morgan fingerprint density at radius 2 is 2.11 bits per heavy atom. The highest BCUT2D eigenvalue weighted by atomic mass is 79.9. The van der Waals surface area contributed by atoms with Crippen LogP contribution in [-0.2, 0) is 17.0 Å². The molecule has 0 amide bonds. The van der Waals surface area contributed by atoms with E-state index in [-0.39, 0.29) is 5.78 Å². The number of aryl methyl sites for hydroxylation is 1. The zero-order chi connectivity index (χ0) is 13.7. The number of nitrogens with zero attached hydrogens (tertiary/aromatic N) is 2. The highest BCUT2D eigenvalue weighted by Crippen LogP contribution is 2.23. The van der Waals surface area contributed by atoms with Crippen LogP contribution in [0.2, 0.25) is 0 Å². The van der Waals surface area contributed by atoms with Gasteiger partial charge < -0.3 is 9.32 Å². The van der Waals surface area contributed by atoms with Crippen molar-refractivity contribution in [3.05, 3.63) is 40.5 Å². The summed E-state index contributed by atoms with van der Waals surface area (Å²) in [6.07, 6.45) is 0.965. The number of benzene rings is 1. The molecule has 0 aliphatic rings. The molecule has 6 heteroatoms. The van der Waals surface area contributed by atoms with Crippen molar-refractivity contribution in [1.82, 2.24) is 10.1 Å². The predicted molar refractivity (Wildman–Crippen MR) is 77.0 cm³/mol. The Morgan fingerprint density at radius 3 is 2.79 bits per heavy atom. The van der Waals surface area contributed by atoms with Crippen LogP contribution in [0.1, 0.15) is 25.1 Å². The molecule has 0 bridgehead atoms. The average Bonchev–Trinajstić information content (AvgIpc) is 2.84. The molecule has 0 radical (unpaired) electrons. The highest BCUT2D eigenvalue weighted by molar-refractivity contribution is 9.10. The minimum atomic E-state index is 0.129. The van der Waals surface area contributed by atoms with Crippen molar-refractivity contribution in [2.75, 3.05) is 0 Å². The van der Waals surface area contributed by atoms with Crippen molar-refractivity contribution < 1.29 is 9.32 Å². The molecular formula is C13H13BrN2O2S. The fourth-order valence-corrected chi connectivity index (χ4v) is 2.42. The molecular weight excluding hydrogens is 328 g/mol. The van der Waals surface area contributed by atoms with E-state index in [9.17, 15) is 4.79 Å². The molecule has 0 spiro atoms. The van der Waals surface area contributed by atoms with Gasteiger partial charge in [-0.05, 0) is 31.2 Å². The molecule has 0 saturated carbocycles. The van der Waals surface area contributed by atoms with Gasteiger partial charge in [-0.1, -0.05) is 21.1 Å². The van der Waals surface area contributed by atoms with Gasteiger partial charge in [0, 0.05) is 22.2 Å². The van der Waals surface area contributed by atoms with Gasteiger partial charge in [-0.15, -0.1) is 11.8 Å². The molecule has 0 N–H and O–H groups in total. The van der Waals surface area contributed by atoms with Gasteiger partial charge in [0.15, 0.2) is 5.82 Å². The number of Topliss-reactive ketones (excluding diaryl/α,β-unsaturated/α-hetero) is 1. The van der Waals surface area contributed by atoms with Crippen LogP contribution in [0.5, 0.6) is 0 Å². The molecule has 0 aliphatic carbocycles. The minimum Gasteiger partial charge on any atom is -0.339 e. The summed E-state index contributed by atoms with van der Waals surface area (Å²) in [5.74, 6) is 1.97. The van der Waals surface area contributed by atoms with Gasteiger partial charge in [0.1, 0.15) is 5.78 Å². The van der Waals surface area contributed by atoms with E-state index in [1.807, 2.05) is 24.3 Å². The van der Waals surface area contributed by atoms with E-state index >= 15 is 0 Å². The monoisotopic (exact) mass is 340 g/mol. The predicted octanol–water partition coefficient (Wildman–Crippen LogP) is 3.65. The van der Waals surface area contributed by atoms with Gasteiger partial charge >= 0.3 is 0 Å². The first-order chi connectivity index (χ1) is 9.13. The standard InChI is InChI=1S/C13H13BrN2O2S/c1-9(17)2-7-13-15-12(16-18-13)8-19-11-5-3-10(14)4-6-11/h3-6H,2,7-8H2,1H3. The number of ketones is 1. The van der Waals surface area contributed by atoms with E-state index in [1.165, 1.54) is 0 Å². The smallest absolute Gasteiger partial charge is 0.227 e. The average molecular weight is 341 g/mol. The number of carbonyl (C=O) groups excluding carboxylic acids is 1. The van der Waals surface area contributed by atoms with Crippen molar-refractivity contribution in [2.24, 2.45) is 0 Å². The second-order valence-corrected chi connectivity index (χ2v) is 6.01. The number of halogens is 1. The molecule has 1 aromatic heterocycles. The van der Waals surface area contributed by atoms with Crippen LogP contribution in [0.3, 0.4) is 0 Å². The Labute approximate surface area is 124 Å². The van der Waals surface area contributed by atoms with Crippen molar-refractivity contribution >= 4 is 33.5 Å². The summed E-state index contributed by atoms with van der Waals surface area (Å²) >= 11 is 5.04. The van der Waals surface area contributed by atoms with Crippen molar-refractivity contribution in [3.8, 4) is 0 Å². The molecule has 2 aromatic rings. The summed E-state index contributed by atoms with van der Waals surface area (Å²) in [6, 6.07) is 8.06. The maximum absolute atomic E-state index is 10.9. The highest BCUT2D eigenvalue weighted by Gasteiger charge is 2.07. The molecule has 0 unspecified atom stereocenters. The van der Waals surface area contributed by atoms with E-state index in [2.05, 4.69) is 26.1 Å². The van der Waals surface area contributed by atoms with E-state index in [1.54, 1.807) is 18.7 Å². The third-order valence-electron chi connectivity index (χ3n) is 2.38. The lowest BCUT2D eigenvalue weighted by Crippen LogP contribution is -1.94. The van der Waals surface area contributed by atoms with Crippen LogP contribution in [-0.4, -0.2) is 15.9 Å². The summed E-state index contributed by atoms with van der Waals surface area (Å²) in [7, 11) is 0. The second kappa shape index (κ2) is 6.86. The van der Waals surface area contributed by atoms with Crippen molar-refractivity contribution in [2.45, 2.75) is 30.4 Å². The second-order valence-electron chi connectivity index (χ2n) is 4.05. The molecule has 4 nitrogen and oxygen atoms in total. The number of thioether (sulfide) groups is 1. The number of rotatable bonds is 6. The first-order valence-corrected chi connectivity index (χ1v) is 7.60. The molecule has 0 fully saturated rings. The summed E-state index contributed by atoms with van der Waals surface area (Å²) in [4.78, 5) is 16.3. The van der Waals surface area contributed by atoms with Crippen molar-refractivity contribution in [3.63, 3.8) is 0 Å². The van der Waals surface area contributed by atoms with Crippen LogP contribution in [0.15, 0.2) is 38.2 Å². The maximum Gasteiger partial charge on any atom is 0.227 e. The number of carbonyl (C=O) groups is 1. The van der Waals surface area contributed by atoms with Gasteiger partial charge in [-0.25, -0.2) is 0 Å².